The molecule has 1 N–H and O–H groups in total. The zero-order valence-electron chi connectivity index (χ0n) is 10.7. The van der Waals surface area contributed by atoms with Crippen LogP contribution in [0.1, 0.15) is 32.5 Å². The smallest absolute Gasteiger partial charge is 0.218 e. The Bertz CT molecular complexity index is 353. The average molecular weight is 235 g/mol. The van der Waals surface area contributed by atoms with Gasteiger partial charge in [-0.25, -0.2) is 4.98 Å². The van der Waals surface area contributed by atoms with Crippen LogP contribution in [-0.4, -0.2) is 23.1 Å². The fourth-order valence-corrected chi connectivity index (χ4v) is 1.30. The van der Waals surface area contributed by atoms with E-state index in [2.05, 4.69) is 28.8 Å². The Morgan fingerprint density at radius 1 is 1.41 bits per heavy atom. The Morgan fingerprint density at radius 3 is 2.88 bits per heavy atom. The Labute approximate surface area is 103 Å². The van der Waals surface area contributed by atoms with Crippen molar-refractivity contribution >= 4 is 5.82 Å². The lowest BCUT2D eigenvalue weighted by Crippen LogP contribution is -2.07. The number of hydrogen-bond acceptors (Lipinski definition) is 4. The van der Waals surface area contributed by atoms with E-state index in [1.165, 1.54) is 0 Å². The van der Waals surface area contributed by atoms with Crippen LogP contribution in [0, 0.1) is 0 Å². The Morgan fingerprint density at radius 2 is 2.24 bits per heavy atom. The monoisotopic (exact) mass is 235 g/mol. The molecule has 4 heteroatoms. The van der Waals surface area contributed by atoms with E-state index in [1.807, 2.05) is 19.1 Å². The van der Waals surface area contributed by atoms with Crippen molar-refractivity contribution in [2.45, 2.75) is 33.1 Å². The number of hydrogen-bond donors (Lipinski definition) is 1. The van der Waals surface area contributed by atoms with E-state index in [0.717, 1.165) is 37.4 Å². The summed E-state index contributed by atoms with van der Waals surface area (Å²) in [6, 6.07) is 1.85. The summed E-state index contributed by atoms with van der Waals surface area (Å²) in [5, 5.41) is 3.25. The van der Waals surface area contributed by atoms with Crippen LogP contribution in [0.4, 0.5) is 5.82 Å². The summed E-state index contributed by atoms with van der Waals surface area (Å²) in [6.45, 7) is 9.33. The highest BCUT2D eigenvalue weighted by molar-refractivity contribution is 5.38. The summed E-state index contributed by atoms with van der Waals surface area (Å²) in [5.41, 5.74) is 0. The Kier molecular flexibility index (Phi) is 6.07. The lowest BCUT2D eigenvalue weighted by molar-refractivity contribution is 0.311. The minimum atomic E-state index is 0.608. The van der Waals surface area contributed by atoms with Gasteiger partial charge >= 0.3 is 0 Å². The van der Waals surface area contributed by atoms with E-state index in [4.69, 9.17) is 4.74 Å². The van der Waals surface area contributed by atoms with Crippen molar-refractivity contribution in [1.82, 2.24) is 9.97 Å². The highest BCUT2D eigenvalue weighted by atomic mass is 16.5. The van der Waals surface area contributed by atoms with Crippen LogP contribution in [0.3, 0.4) is 0 Å². The number of rotatable bonds is 8. The average Bonchev–Trinajstić information content (AvgIpc) is 2.36. The van der Waals surface area contributed by atoms with Crippen LogP contribution in [0.25, 0.3) is 0 Å². The van der Waals surface area contributed by atoms with Gasteiger partial charge in [-0.15, -0.1) is 6.58 Å². The molecule has 0 aromatic carbocycles. The molecule has 0 unspecified atom stereocenters. The minimum absolute atomic E-state index is 0.608. The fourth-order valence-electron chi connectivity index (χ4n) is 1.30. The highest BCUT2D eigenvalue weighted by Crippen LogP contribution is 2.14. The first-order chi connectivity index (χ1) is 8.30. The van der Waals surface area contributed by atoms with Gasteiger partial charge in [0.15, 0.2) is 0 Å². The quantitative estimate of drug-likeness (QED) is 0.556. The molecule has 1 aromatic heterocycles. The van der Waals surface area contributed by atoms with Crippen molar-refractivity contribution in [3.05, 3.63) is 24.5 Å². The van der Waals surface area contributed by atoms with Crippen molar-refractivity contribution < 1.29 is 4.74 Å². The molecule has 0 amide bonds. The number of aromatic nitrogens is 2. The van der Waals surface area contributed by atoms with E-state index in [9.17, 15) is 0 Å². The lowest BCUT2D eigenvalue weighted by atomic mass is 10.4. The van der Waals surface area contributed by atoms with Crippen LogP contribution in [0.2, 0.25) is 0 Å². The zero-order chi connectivity index (χ0) is 12.5. The van der Waals surface area contributed by atoms with Crippen molar-refractivity contribution in [1.29, 1.82) is 0 Å². The summed E-state index contributed by atoms with van der Waals surface area (Å²) in [5.74, 6) is 2.28. The third kappa shape index (κ3) is 4.85. The van der Waals surface area contributed by atoms with Gasteiger partial charge in [0, 0.05) is 19.0 Å². The van der Waals surface area contributed by atoms with Gasteiger partial charge in [-0.2, -0.15) is 4.98 Å². The van der Waals surface area contributed by atoms with E-state index >= 15 is 0 Å². The van der Waals surface area contributed by atoms with E-state index < -0.39 is 0 Å². The molecule has 0 atom stereocenters. The van der Waals surface area contributed by atoms with Crippen molar-refractivity contribution in [3.63, 3.8) is 0 Å². The van der Waals surface area contributed by atoms with Crippen molar-refractivity contribution in [2.75, 3.05) is 18.5 Å². The number of nitrogens with one attached hydrogen (secondary N) is 1. The van der Waals surface area contributed by atoms with Gasteiger partial charge in [0.25, 0.3) is 0 Å². The van der Waals surface area contributed by atoms with Gasteiger partial charge < -0.3 is 10.1 Å². The molecular formula is C13H21N3O. The Hall–Kier alpha value is -1.58. The summed E-state index contributed by atoms with van der Waals surface area (Å²) in [6.07, 6.45) is 4.53. The molecule has 0 fully saturated rings. The highest BCUT2D eigenvalue weighted by Gasteiger charge is 2.03. The third-order valence-corrected chi connectivity index (χ3v) is 2.19. The maximum atomic E-state index is 5.55. The predicted octanol–water partition coefficient (Wildman–Crippen LogP) is 2.82. The van der Waals surface area contributed by atoms with Gasteiger partial charge in [0.1, 0.15) is 11.6 Å². The number of aryl methyl sites for hydroxylation is 1. The number of anilines is 1. The minimum Gasteiger partial charge on any atom is -0.477 e. The second-order valence-electron chi connectivity index (χ2n) is 3.71. The molecule has 94 valence electrons. The van der Waals surface area contributed by atoms with Crippen LogP contribution >= 0.6 is 0 Å². The molecule has 17 heavy (non-hydrogen) atoms. The third-order valence-electron chi connectivity index (χ3n) is 2.19. The van der Waals surface area contributed by atoms with E-state index in [1.54, 1.807) is 0 Å². The SMILES string of the molecule is C=CCCOc1cc(NCCC)nc(CC)n1. The topological polar surface area (TPSA) is 47.0 Å². The molecular weight excluding hydrogens is 214 g/mol. The van der Waals surface area contributed by atoms with Crippen molar-refractivity contribution in [2.24, 2.45) is 0 Å². The molecule has 1 heterocycles. The van der Waals surface area contributed by atoms with Gasteiger partial charge in [0.2, 0.25) is 5.88 Å². The Balaban J connectivity index is 2.70. The van der Waals surface area contributed by atoms with Crippen molar-refractivity contribution in [3.8, 4) is 5.88 Å². The van der Waals surface area contributed by atoms with Crippen LogP contribution in [-0.2, 0) is 6.42 Å². The normalized spacial score (nSPS) is 10.0. The molecule has 4 nitrogen and oxygen atoms in total. The van der Waals surface area contributed by atoms with Crippen LogP contribution < -0.4 is 10.1 Å². The van der Waals surface area contributed by atoms with Gasteiger partial charge in [-0.05, 0) is 12.8 Å². The molecule has 0 bridgehead atoms. The summed E-state index contributed by atoms with van der Waals surface area (Å²) < 4.78 is 5.55. The summed E-state index contributed by atoms with van der Waals surface area (Å²) in [7, 11) is 0. The number of ether oxygens (including phenoxy) is 1. The second-order valence-corrected chi connectivity index (χ2v) is 3.71. The van der Waals surface area contributed by atoms with Gasteiger partial charge in [-0.3, -0.25) is 0 Å². The van der Waals surface area contributed by atoms with E-state index in [-0.39, 0.29) is 0 Å². The summed E-state index contributed by atoms with van der Waals surface area (Å²) >= 11 is 0. The van der Waals surface area contributed by atoms with Gasteiger partial charge in [-0.1, -0.05) is 19.9 Å². The maximum Gasteiger partial charge on any atom is 0.218 e. The largest absolute Gasteiger partial charge is 0.477 e. The van der Waals surface area contributed by atoms with Crippen LogP contribution in [0.5, 0.6) is 5.88 Å². The first kappa shape index (κ1) is 13.5. The second kappa shape index (κ2) is 7.65. The maximum absolute atomic E-state index is 5.55. The lowest BCUT2D eigenvalue weighted by Gasteiger charge is -2.09. The molecule has 0 aliphatic rings. The fraction of sp³-hybridized carbons (Fsp3) is 0.538. The van der Waals surface area contributed by atoms with Crippen LogP contribution in [0.15, 0.2) is 18.7 Å². The molecule has 0 aliphatic carbocycles. The first-order valence-electron chi connectivity index (χ1n) is 6.15. The zero-order valence-corrected chi connectivity index (χ0v) is 10.7. The molecule has 0 aliphatic heterocycles. The summed E-state index contributed by atoms with van der Waals surface area (Å²) in [4.78, 5) is 8.72. The number of nitrogens with zero attached hydrogens (tertiary/aromatic N) is 2. The molecule has 1 rings (SSSR count). The molecule has 0 radical (unpaired) electrons. The standard InChI is InChI=1S/C13H21N3O/c1-4-7-9-17-13-10-12(14-8-5-2)15-11(6-3)16-13/h4,10H,1,5-9H2,2-3H3,(H,14,15,16). The van der Waals surface area contributed by atoms with E-state index in [0.29, 0.717) is 12.5 Å². The molecule has 0 spiro atoms. The molecule has 0 saturated carbocycles. The predicted molar refractivity (Wildman–Crippen MR) is 70.5 cm³/mol. The van der Waals surface area contributed by atoms with Gasteiger partial charge in [0.05, 0.1) is 6.61 Å². The first-order valence-corrected chi connectivity index (χ1v) is 6.15. The molecule has 1 aromatic rings. The molecule has 0 saturated heterocycles.